The Hall–Kier alpha value is -2.03. The Kier molecular flexibility index (Phi) is 4.77. The van der Waals surface area contributed by atoms with Gasteiger partial charge in [0.15, 0.2) is 0 Å². The first-order chi connectivity index (χ1) is 11.8. The number of fused-ring (bicyclic) bond motifs is 1. The Morgan fingerprint density at radius 2 is 1.92 bits per heavy atom. The first-order valence-corrected chi connectivity index (χ1v) is 10.3. The monoisotopic (exact) mass is 376 g/mol. The summed E-state index contributed by atoms with van der Waals surface area (Å²) in [5.41, 5.74) is 0.979. The van der Waals surface area contributed by atoms with Gasteiger partial charge in [-0.25, -0.2) is 23.5 Å². The summed E-state index contributed by atoms with van der Waals surface area (Å²) >= 11 is 1.68. The lowest BCUT2D eigenvalue weighted by molar-refractivity contribution is 0.597. The van der Waals surface area contributed by atoms with Gasteiger partial charge >= 0.3 is 0 Å². The lowest BCUT2D eigenvalue weighted by Gasteiger charge is -2.26. The third kappa shape index (κ3) is 3.51. The zero-order valence-corrected chi connectivity index (χ0v) is 15.9. The summed E-state index contributed by atoms with van der Waals surface area (Å²) in [6, 6.07) is 8.78. The predicted octanol–water partition coefficient (Wildman–Crippen LogP) is 3.10. The third-order valence-electron chi connectivity index (χ3n) is 4.31. The van der Waals surface area contributed by atoms with E-state index in [1.807, 2.05) is 14.0 Å². The normalized spacial score (nSPS) is 13.1. The fourth-order valence-corrected chi connectivity index (χ4v) is 4.14. The quantitative estimate of drug-likeness (QED) is 0.739. The molecule has 3 aromatic rings. The SMILES string of the molecule is CCc1cc2c(N(C)[C@@H](C)c3ccc(S(N)(=O)=O)cc3)ncnc2s1. The highest BCUT2D eigenvalue weighted by Crippen LogP contribution is 2.33. The molecule has 2 heterocycles. The third-order valence-corrected chi connectivity index (χ3v) is 6.43. The molecule has 0 fully saturated rings. The molecular formula is C17H20N4O2S2. The molecule has 1 atom stereocenters. The average molecular weight is 377 g/mol. The summed E-state index contributed by atoms with van der Waals surface area (Å²) in [6.07, 6.45) is 2.55. The standard InChI is InChI=1S/C17H20N4O2S2/c1-4-13-9-15-16(19-10-20-17(15)24-13)21(3)11(2)12-5-7-14(8-6-12)25(18,22)23/h5-11H,4H2,1-3H3,(H2,18,22,23)/t11-/m0/s1. The molecule has 0 saturated carbocycles. The van der Waals surface area contributed by atoms with Gasteiger partial charge < -0.3 is 4.90 Å². The van der Waals surface area contributed by atoms with E-state index in [1.165, 1.54) is 17.0 Å². The number of aryl methyl sites for hydroxylation is 1. The topological polar surface area (TPSA) is 89.2 Å². The average Bonchev–Trinajstić information content (AvgIpc) is 3.03. The fourth-order valence-electron chi connectivity index (χ4n) is 2.69. The van der Waals surface area contributed by atoms with Crippen molar-refractivity contribution in [1.29, 1.82) is 0 Å². The van der Waals surface area contributed by atoms with Crippen LogP contribution in [0.2, 0.25) is 0 Å². The van der Waals surface area contributed by atoms with Gasteiger partial charge in [0.05, 0.1) is 16.3 Å². The summed E-state index contributed by atoms with van der Waals surface area (Å²) in [5.74, 6) is 0.865. The molecule has 132 valence electrons. The highest BCUT2D eigenvalue weighted by Gasteiger charge is 2.18. The van der Waals surface area contributed by atoms with Crippen molar-refractivity contribution in [2.75, 3.05) is 11.9 Å². The van der Waals surface area contributed by atoms with E-state index in [-0.39, 0.29) is 10.9 Å². The molecule has 2 N–H and O–H groups in total. The molecule has 3 rings (SSSR count). The summed E-state index contributed by atoms with van der Waals surface area (Å²) in [6.45, 7) is 4.17. The van der Waals surface area contributed by atoms with Crippen molar-refractivity contribution >= 4 is 37.4 Å². The summed E-state index contributed by atoms with van der Waals surface area (Å²) in [4.78, 5) is 13.3. The maximum absolute atomic E-state index is 11.4. The van der Waals surface area contributed by atoms with Gasteiger partial charge in [0, 0.05) is 11.9 Å². The van der Waals surface area contributed by atoms with Crippen molar-refractivity contribution in [3.05, 3.63) is 47.1 Å². The lowest BCUT2D eigenvalue weighted by Crippen LogP contribution is -2.23. The number of hydrogen-bond acceptors (Lipinski definition) is 6. The molecule has 0 spiro atoms. The van der Waals surface area contributed by atoms with Crippen molar-refractivity contribution in [1.82, 2.24) is 9.97 Å². The van der Waals surface area contributed by atoms with Gasteiger partial charge in [-0.3, -0.25) is 0 Å². The van der Waals surface area contributed by atoms with E-state index >= 15 is 0 Å². The minimum Gasteiger partial charge on any atom is -0.352 e. The molecule has 6 nitrogen and oxygen atoms in total. The van der Waals surface area contributed by atoms with Gasteiger partial charge in [-0.15, -0.1) is 11.3 Å². The molecule has 0 aliphatic heterocycles. The zero-order valence-electron chi connectivity index (χ0n) is 14.3. The number of hydrogen-bond donors (Lipinski definition) is 1. The van der Waals surface area contributed by atoms with Crippen LogP contribution in [-0.4, -0.2) is 25.4 Å². The Bertz CT molecular complexity index is 997. The van der Waals surface area contributed by atoms with Crippen molar-refractivity contribution in [3.8, 4) is 0 Å². The van der Waals surface area contributed by atoms with Crippen LogP contribution in [0.15, 0.2) is 41.6 Å². The van der Waals surface area contributed by atoms with Crippen molar-refractivity contribution in [2.24, 2.45) is 5.14 Å². The summed E-state index contributed by atoms with van der Waals surface area (Å²) < 4.78 is 22.8. The Morgan fingerprint density at radius 3 is 2.52 bits per heavy atom. The number of sulfonamides is 1. The lowest BCUT2D eigenvalue weighted by atomic mass is 10.1. The second kappa shape index (κ2) is 6.70. The van der Waals surface area contributed by atoms with Gasteiger partial charge in [-0.1, -0.05) is 19.1 Å². The molecule has 0 radical (unpaired) electrons. The largest absolute Gasteiger partial charge is 0.352 e. The van der Waals surface area contributed by atoms with Crippen molar-refractivity contribution in [3.63, 3.8) is 0 Å². The number of benzene rings is 1. The number of aromatic nitrogens is 2. The van der Waals surface area contributed by atoms with Crippen LogP contribution in [0.25, 0.3) is 10.2 Å². The van der Waals surface area contributed by atoms with E-state index in [2.05, 4.69) is 27.9 Å². The van der Waals surface area contributed by atoms with E-state index in [1.54, 1.807) is 29.8 Å². The fraction of sp³-hybridized carbons (Fsp3) is 0.294. The van der Waals surface area contributed by atoms with E-state index < -0.39 is 10.0 Å². The maximum atomic E-state index is 11.4. The first kappa shape index (κ1) is 17.8. The molecule has 0 bridgehead atoms. The van der Waals surface area contributed by atoms with Crippen molar-refractivity contribution in [2.45, 2.75) is 31.2 Å². The van der Waals surface area contributed by atoms with Crippen LogP contribution >= 0.6 is 11.3 Å². The van der Waals surface area contributed by atoms with E-state index in [0.717, 1.165) is 28.0 Å². The highest BCUT2D eigenvalue weighted by molar-refractivity contribution is 7.89. The van der Waals surface area contributed by atoms with Crippen LogP contribution in [0.4, 0.5) is 5.82 Å². The summed E-state index contributed by atoms with van der Waals surface area (Å²) in [7, 11) is -1.70. The van der Waals surface area contributed by atoms with E-state index in [9.17, 15) is 8.42 Å². The van der Waals surface area contributed by atoms with Crippen LogP contribution in [-0.2, 0) is 16.4 Å². The van der Waals surface area contributed by atoms with Gasteiger partial charge in [0.1, 0.15) is 17.0 Å². The Morgan fingerprint density at radius 1 is 1.24 bits per heavy atom. The predicted molar refractivity (Wildman–Crippen MR) is 101 cm³/mol. The smallest absolute Gasteiger partial charge is 0.238 e. The number of nitrogens with two attached hydrogens (primary N) is 1. The summed E-state index contributed by atoms with van der Waals surface area (Å²) in [5, 5.41) is 6.20. The number of rotatable bonds is 5. The molecule has 0 unspecified atom stereocenters. The number of primary sulfonamides is 1. The molecule has 0 saturated heterocycles. The van der Waals surface area contributed by atoms with Crippen LogP contribution < -0.4 is 10.0 Å². The number of thiophene rings is 1. The number of nitrogens with zero attached hydrogens (tertiary/aromatic N) is 3. The van der Waals surface area contributed by atoms with Crippen LogP contribution in [0.1, 0.15) is 30.3 Å². The molecule has 0 aliphatic rings. The molecular weight excluding hydrogens is 356 g/mol. The second-order valence-corrected chi connectivity index (χ2v) is 8.56. The van der Waals surface area contributed by atoms with Crippen molar-refractivity contribution < 1.29 is 8.42 Å². The second-order valence-electron chi connectivity index (χ2n) is 5.88. The van der Waals surface area contributed by atoms with Crippen LogP contribution in [0.3, 0.4) is 0 Å². The van der Waals surface area contributed by atoms with Gasteiger partial charge in [-0.05, 0) is 37.1 Å². The molecule has 2 aromatic heterocycles. The van der Waals surface area contributed by atoms with Crippen LogP contribution in [0, 0.1) is 0 Å². The van der Waals surface area contributed by atoms with Crippen LogP contribution in [0.5, 0.6) is 0 Å². The van der Waals surface area contributed by atoms with E-state index in [4.69, 9.17) is 5.14 Å². The zero-order chi connectivity index (χ0) is 18.2. The molecule has 0 aliphatic carbocycles. The molecule has 1 aromatic carbocycles. The molecule has 25 heavy (non-hydrogen) atoms. The van der Waals surface area contributed by atoms with Gasteiger partial charge in [0.25, 0.3) is 0 Å². The maximum Gasteiger partial charge on any atom is 0.238 e. The highest BCUT2D eigenvalue weighted by atomic mass is 32.2. The minimum atomic E-state index is -3.68. The molecule has 0 amide bonds. The van der Waals surface area contributed by atoms with Gasteiger partial charge in [0.2, 0.25) is 10.0 Å². The molecule has 8 heteroatoms. The first-order valence-electron chi connectivity index (χ1n) is 7.90. The Labute approximate surface area is 151 Å². The van der Waals surface area contributed by atoms with E-state index in [0.29, 0.717) is 0 Å². The minimum absolute atomic E-state index is 0.0117. The Balaban J connectivity index is 1.95. The van der Waals surface area contributed by atoms with Gasteiger partial charge in [-0.2, -0.15) is 0 Å². The number of anilines is 1.